The van der Waals surface area contributed by atoms with Crippen LogP contribution in [-0.2, 0) is 4.79 Å². The van der Waals surface area contributed by atoms with E-state index in [-0.39, 0.29) is 29.4 Å². The quantitative estimate of drug-likeness (QED) is 0.162. The van der Waals surface area contributed by atoms with Crippen molar-refractivity contribution in [2.24, 2.45) is 0 Å². The molecule has 0 atom stereocenters. The van der Waals surface area contributed by atoms with Crippen molar-refractivity contribution in [3.8, 4) is 0 Å². The highest BCUT2D eigenvalue weighted by atomic mass is 16.4. The summed E-state index contributed by atoms with van der Waals surface area (Å²) >= 11 is 0. The standard InChI is InChI=1S/C33H32N8O3/c1-19-9-5-6-13-25(19)41(4)32(43)27-20(2)10-7-11-22(27)12-8-16-36-31-28(30(35)37-18-38-31)29(34)23-14-15-24-26(17-23)44-33(40-24)39-21(3)42/h5-15,17-18,34H,16H2,1-4H3,(H,39,40,42)(H3,35,36,37,38)/b12-8+,34-29?. The van der Waals surface area contributed by atoms with E-state index >= 15 is 0 Å². The molecule has 0 aliphatic rings. The number of benzene rings is 3. The number of anilines is 4. The van der Waals surface area contributed by atoms with Crippen molar-refractivity contribution in [2.45, 2.75) is 20.8 Å². The molecule has 0 saturated carbocycles. The molecule has 0 bridgehead atoms. The first-order chi connectivity index (χ1) is 21.1. The molecular formula is C33H32N8O3. The van der Waals surface area contributed by atoms with Crippen LogP contribution in [0.5, 0.6) is 0 Å². The van der Waals surface area contributed by atoms with Gasteiger partial charge >= 0.3 is 6.01 Å². The van der Waals surface area contributed by atoms with E-state index in [1.807, 2.05) is 68.5 Å². The van der Waals surface area contributed by atoms with Gasteiger partial charge in [0.05, 0.1) is 16.8 Å². The number of amides is 2. The van der Waals surface area contributed by atoms with Crippen molar-refractivity contribution >= 4 is 58.0 Å². The number of nitrogens with zero attached hydrogens (tertiary/aromatic N) is 4. The SMILES string of the molecule is CC(=O)Nc1nc2ccc(C(=N)c3c(N)ncnc3NC/C=C/c3cccc(C)c3C(=O)N(C)c3ccccc3C)cc2o1. The van der Waals surface area contributed by atoms with Crippen molar-refractivity contribution in [3.05, 3.63) is 106 Å². The Kier molecular flexibility index (Phi) is 8.47. The third kappa shape index (κ3) is 6.16. The van der Waals surface area contributed by atoms with Gasteiger partial charge in [-0.25, -0.2) is 9.97 Å². The summed E-state index contributed by atoms with van der Waals surface area (Å²) < 4.78 is 5.61. The minimum atomic E-state index is -0.302. The maximum Gasteiger partial charge on any atom is 0.302 e. The average Bonchev–Trinajstić information content (AvgIpc) is 3.39. The molecule has 0 radical (unpaired) electrons. The number of aromatic nitrogens is 3. The van der Waals surface area contributed by atoms with Crippen LogP contribution in [0.25, 0.3) is 17.2 Å². The first kappa shape index (κ1) is 29.6. The number of hydrogen-bond acceptors (Lipinski definition) is 9. The molecule has 0 unspecified atom stereocenters. The molecule has 11 nitrogen and oxygen atoms in total. The van der Waals surface area contributed by atoms with Gasteiger partial charge in [0.1, 0.15) is 23.5 Å². The number of rotatable bonds is 9. The lowest BCUT2D eigenvalue weighted by Crippen LogP contribution is -2.28. The van der Waals surface area contributed by atoms with Crippen molar-refractivity contribution < 1.29 is 14.0 Å². The molecule has 0 spiro atoms. The first-order valence-corrected chi connectivity index (χ1v) is 13.9. The van der Waals surface area contributed by atoms with E-state index in [4.69, 9.17) is 15.6 Å². The van der Waals surface area contributed by atoms with Crippen molar-refractivity contribution in [1.29, 1.82) is 5.41 Å². The van der Waals surface area contributed by atoms with Gasteiger partial charge in [0.15, 0.2) is 5.58 Å². The van der Waals surface area contributed by atoms with Crippen LogP contribution in [0.3, 0.4) is 0 Å². The Morgan fingerprint density at radius 2 is 1.80 bits per heavy atom. The minimum Gasteiger partial charge on any atom is -0.423 e. The van der Waals surface area contributed by atoms with Crippen molar-refractivity contribution in [1.82, 2.24) is 15.0 Å². The zero-order valence-corrected chi connectivity index (χ0v) is 24.8. The fourth-order valence-corrected chi connectivity index (χ4v) is 4.89. The highest BCUT2D eigenvalue weighted by Crippen LogP contribution is 2.26. The maximum atomic E-state index is 13.6. The van der Waals surface area contributed by atoms with Crippen LogP contribution in [0.4, 0.5) is 23.3 Å². The summed E-state index contributed by atoms with van der Waals surface area (Å²) in [6, 6.07) is 18.7. The second kappa shape index (κ2) is 12.6. The van der Waals surface area contributed by atoms with Gasteiger partial charge in [-0.2, -0.15) is 4.98 Å². The van der Waals surface area contributed by atoms with Gasteiger partial charge in [0, 0.05) is 31.8 Å². The van der Waals surface area contributed by atoms with E-state index in [9.17, 15) is 9.59 Å². The van der Waals surface area contributed by atoms with Gasteiger partial charge < -0.3 is 20.4 Å². The predicted molar refractivity (Wildman–Crippen MR) is 173 cm³/mol. The number of nitrogen functional groups attached to an aromatic ring is 1. The first-order valence-electron chi connectivity index (χ1n) is 13.9. The lowest BCUT2D eigenvalue weighted by molar-refractivity contribution is -0.114. The lowest BCUT2D eigenvalue weighted by Gasteiger charge is -2.21. The third-order valence-electron chi connectivity index (χ3n) is 7.07. The van der Waals surface area contributed by atoms with Crippen molar-refractivity contribution in [2.75, 3.05) is 34.9 Å². The topological polar surface area (TPSA) is 163 Å². The Bertz CT molecular complexity index is 1930. The molecule has 222 valence electrons. The highest BCUT2D eigenvalue weighted by Gasteiger charge is 2.20. The van der Waals surface area contributed by atoms with E-state index < -0.39 is 0 Å². The highest BCUT2D eigenvalue weighted by molar-refractivity contribution is 6.17. The maximum absolute atomic E-state index is 13.6. The van der Waals surface area contributed by atoms with Gasteiger partial charge in [-0.3, -0.25) is 20.3 Å². The number of hydrogen-bond donors (Lipinski definition) is 4. The summed E-state index contributed by atoms with van der Waals surface area (Å²) in [6.45, 7) is 5.61. The summed E-state index contributed by atoms with van der Waals surface area (Å²) in [5, 5.41) is 14.6. The van der Waals surface area contributed by atoms with Crippen LogP contribution in [0.15, 0.2) is 77.5 Å². The van der Waals surface area contributed by atoms with Crippen molar-refractivity contribution in [3.63, 3.8) is 0 Å². The van der Waals surface area contributed by atoms with Crippen LogP contribution in [-0.4, -0.2) is 46.1 Å². The molecule has 5 rings (SSSR count). The zero-order valence-electron chi connectivity index (χ0n) is 24.8. The molecule has 2 heterocycles. The Balaban J connectivity index is 1.35. The lowest BCUT2D eigenvalue weighted by atomic mass is 9.99. The summed E-state index contributed by atoms with van der Waals surface area (Å²) in [5.74, 6) is 0.114. The minimum absolute atomic E-state index is 0.0770. The van der Waals surface area contributed by atoms with Gasteiger partial charge in [0.2, 0.25) is 5.91 Å². The molecule has 0 saturated heterocycles. The number of aryl methyl sites for hydroxylation is 2. The Hall–Kier alpha value is -5.84. The van der Waals surface area contributed by atoms with Gasteiger partial charge in [-0.1, -0.05) is 54.6 Å². The molecule has 0 aliphatic heterocycles. The third-order valence-corrected chi connectivity index (χ3v) is 7.07. The Morgan fingerprint density at radius 3 is 2.57 bits per heavy atom. The normalized spacial score (nSPS) is 11.1. The van der Waals surface area contributed by atoms with Crippen LogP contribution in [0, 0.1) is 19.3 Å². The second-order valence-electron chi connectivity index (χ2n) is 10.2. The fourth-order valence-electron chi connectivity index (χ4n) is 4.89. The van der Waals surface area contributed by atoms with E-state index in [1.165, 1.54) is 13.3 Å². The van der Waals surface area contributed by atoms with E-state index in [1.54, 1.807) is 30.1 Å². The Labute approximate surface area is 254 Å². The zero-order chi connectivity index (χ0) is 31.4. The summed E-state index contributed by atoms with van der Waals surface area (Å²) in [7, 11) is 1.78. The summed E-state index contributed by atoms with van der Waals surface area (Å²) in [5.41, 5.74) is 12.2. The van der Waals surface area contributed by atoms with Gasteiger partial charge in [-0.15, -0.1) is 0 Å². The smallest absolute Gasteiger partial charge is 0.302 e. The molecule has 2 aromatic heterocycles. The molecule has 0 aliphatic carbocycles. The number of oxazole rings is 1. The largest absolute Gasteiger partial charge is 0.423 e. The van der Waals surface area contributed by atoms with Crippen LogP contribution in [0.2, 0.25) is 0 Å². The van der Waals surface area contributed by atoms with E-state index in [0.717, 1.165) is 22.4 Å². The molecule has 5 aromatic rings. The molecule has 0 fully saturated rings. The molecule has 44 heavy (non-hydrogen) atoms. The number of nitrogens with two attached hydrogens (primary N) is 1. The average molecular weight is 589 g/mol. The molecular weight excluding hydrogens is 556 g/mol. The Morgan fingerprint density at radius 1 is 1.02 bits per heavy atom. The van der Waals surface area contributed by atoms with E-state index in [0.29, 0.717) is 40.2 Å². The molecule has 2 amide bonds. The number of carbonyl (C=O) groups excluding carboxylic acids is 2. The van der Waals surface area contributed by atoms with E-state index in [2.05, 4.69) is 25.6 Å². The van der Waals surface area contributed by atoms with Gasteiger partial charge in [0.25, 0.3) is 5.91 Å². The summed E-state index contributed by atoms with van der Waals surface area (Å²) in [6.07, 6.45) is 5.10. The monoisotopic (exact) mass is 588 g/mol. The fraction of sp³-hybridized carbons (Fsp3) is 0.152. The van der Waals surface area contributed by atoms with Crippen LogP contribution >= 0.6 is 0 Å². The predicted octanol–water partition coefficient (Wildman–Crippen LogP) is 5.59. The number of carbonyl (C=O) groups is 2. The molecule has 5 N–H and O–H groups in total. The van der Waals surface area contributed by atoms with Crippen LogP contribution in [0.1, 0.15) is 45.1 Å². The van der Waals surface area contributed by atoms with Crippen LogP contribution < -0.4 is 21.3 Å². The second-order valence-corrected chi connectivity index (χ2v) is 10.2. The number of nitrogens with one attached hydrogen (secondary N) is 3. The summed E-state index contributed by atoms with van der Waals surface area (Å²) in [4.78, 5) is 39.3. The molecule has 3 aromatic carbocycles. The molecule has 11 heteroatoms. The number of para-hydroxylation sites is 1. The van der Waals surface area contributed by atoms with Gasteiger partial charge in [-0.05, 0) is 48.7 Å². The number of fused-ring (bicyclic) bond motifs is 1.